The number of anilines is 1. The fourth-order valence-electron chi connectivity index (χ4n) is 1.71. The SMILES string of the molecule is Cc1cc[nH+]c(NC(=O)C=Cc2ccc([N+](=O)[O-])cc2)c1. The van der Waals surface area contributed by atoms with Crippen LogP contribution in [0.5, 0.6) is 0 Å². The van der Waals surface area contributed by atoms with Gasteiger partial charge in [0, 0.05) is 24.3 Å². The van der Waals surface area contributed by atoms with E-state index in [0.29, 0.717) is 11.4 Å². The lowest BCUT2D eigenvalue weighted by molar-refractivity contribution is -0.384. The van der Waals surface area contributed by atoms with Gasteiger partial charge in [-0.25, -0.2) is 15.1 Å². The maximum absolute atomic E-state index is 11.7. The quantitative estimate of drug-likeness (QED) is 0.531. The molecule has 0 bridgehead atoms. The largest absolute Gasteiger partial charge is 0.331 e. The molecular weight excluding hydrogens is 270 g/mol. The number of amides is 1. The zero-order valence-corrected chi connectivity index (χ0v) is 11.4. The normalized spacial score (nSPS) is 10.5. The average Bonchev–Trinajstić information content (AvgIpc) is 2.45. The minimum Gasteiger partial charge on any atom is -0.258 e. The Balaban J connectivity index is 2.00. The van der Waals surface area contributed by atoms with E-state index in [1.165, 1.54) is 18.2 Å². The van der Waals surface area contributed by atoms with Gasteiger partial charge in [-0.15, -0.1) is 0 Å². The molecule has 0 fully saturated rings. The van der Waals surface area contributed by atoms with Crippen molar-refractivity contribution in [1.82, 2.24) is 0 Å². The summed E-state index contributed by atoms with van der Waals surface area (Å²) in [5.74, 6) is 0.323. The molecule has 0 aliphatic rings. The van der Waals surface area contributed by atoms with E-state index in [2.05, 4.69) is 10.3 Å². The van der Waals surface area contributed by atoms with Crippen LogP contribution in [0.25, 0.3) is 6.08 Å². The van der Waals surface area contributed by atoms with E-state index in [-0.39, 0.29) is 11.6 Å². The van der Waals surface area contributed by atoms with Gasteiger partial charge in [0.1, 0.15) is 0 Å². The van der Waals surface area contributed by atoms with Gasteiger partial charge in [0.05, 0.1) is 11.1 Å². The smallest absolute Gasteiger partial charge is 0.258 e. The third-order valence-electron chi connectivity index (χ3n) is 2.75. The first-order valence-corrected chi connectivity index (χ1v) is 6.26. The van der Waals surface area contributed by atoms with Gasteiger partial charge in [0.15, 0.2) is 0 Å². The second-order valence-electron chi connectivity index (χ2n) is 4.45. The average molecular weight is 284 g/mol. The van der Waals surface area contributed by atoms with Gasteiger partial charge in [0.25, 0.3) is 11.5 Å². The molecule has 1 amide bonds. The number of carbonyl (C=O) groups is 1. The van der Waals surface area contributed by atoms with Crippen LogP contribution in [0.1, 0.15) is 11.1 Å². The highest BCUT2D eigenvalue weighted by atomic mass is 16.6. The Kier molecular flexibility index (Phi) is 4.40. The number of hydrogen-bond donors (Lipinski definition) is 1. The van der Waals surface area contributed by atoms with Crippen molar-refractivity contribution in [2.45, 2.75) is 6.92 Å². The number of aromatic nitrogens is 1. The highest BCUT2D eigenvalue weighted by molar-refractivity contribution is 6.00. The Bertz CT molecular complexity index is 694. The Morgan fingerprint density at radius 3 is 2.62 bits per heavy atom. The topological polar surface area (TPSA) is 86.4 Å². The van der Waals surface area contributed by atoms with Crippen LogP contribution in [0.2, 0.25) is 0 Å². The summed E-state index contributed by atoms with van der Waals surface area (Å²) in [5.41, 5.74) is 1.76. The maximum Gasteiger partial charge on any atom is 0.331 e. The van der Waals surface area contributed by atoms with E-state index < -0.39 is 4.92 Å². The molecule has 2 rings (SSSR count). The van der Waals surface area contributed by atoms with E-state index in [1.54, 1.807) is 24.4 Å². The molecule has 1 aromatic carbocycles. The molecule has 0 saturated heterocycles. The molecule has 6 heteroatoms. The third kappa shape index (κ3) is 4.24. The van der Waals surface area contributed by atoms with E-state index in [9.17, 15) is 14.9 Å². The van der Waals surface area contributed by atoms with Gasteiger partial charge in [-0.05, 0) is 42.3 Å². The van der Waals surface area contributed by atoms with Crippen molar-refractivity contribution in [3.05, 3.63) is 69.9 Å². The molecule has 0 spiro atoms. The number of aryl methyl sites for hydroxylation is 1. The fraction of sp³-hybridized carbons (Fsp3) is 0.0667. The zero-order valence-electron chi connectivity index (χ0n) is 11.4. The van der Waals surface area contributed by atoms with Crippen LogP contribution in [-0.2, 0) is 4.79 Å². The minimum atomic E-state index is -0.465. The second-order valence-corrected chi connectivity index (χ2v) is 4.45. The first-order chi connectivity index (χ1) is 10.0. The number of carbonyl (C=O) groups excluding carboxylic acids is 1. The van der Waals surface area contributed by atoms with Gasteiger partial charge < -0.3 is 0 Å². The van der Waals surface area contributed by atoms with Crippen LogP contribution in [0.15, 0.2) is 48.7 Å². The number of H-pyrrole nitrogens is 1. The number of rotatable bonds is 4. The van der Waals surface area contributed by atoms with Gasteiger partial charge in [0.2, 0.25) is 0 Å². The number of nitro benzene ring substituents is 1. The van der Waals surface area contributed by atoms with Crippen LogP contribution in [0.4, 0.5) is 11.5 Å². The number of nitrogens with one attached hydrogen (secondary N) is 2. The van der Waals surface area contributed by atoms with Crippen molar-refractivity contribution in [3.63, 3.8) is 0 Å². The minimum absolute atomic E-state index is 0.0194. The number of hydrogen-bond acceptors (Lipinski definition) is 3. The van der Waals surface area contributed by atoms with Crippen LogP contribution in [-0.4, -0.2) is 10.8 Å². The second kappa shape index (κ2) is 6.42. The highest BCUT2D eigenvalue weighted by Crippen LogP contribution is 2.12. The molecule has 0 aliphatic heterocycles. The Hall–Kier alpha value is -3.02. The molecule has 1 aromatic heterocycles. The lowest BCUT2D eigenvalue weighted by Gasteiger charge is -1.95. The standard InChI is InChI=1S/C15H13N3O3/c1-11-8-9-16-14(10-11)17-15(19)7-4-12-2-5-13(6-3-12)18(20)21/h2-10H,1H3,(H,16,17,19)/p+1. The van der Waals surface area contributed by atoms with E-state index in [4.69, 9.17) is 0 Å². The van der Waals surface area contributed by atoms with Gasteiger partial charge in [-0.2, -0.15) is 0 Å². The molecule has 0 saturated carbocycles. The van der Waals surface area contributed by atoms with Crippen molar-refractivity contribution in [1.29, 1.82) is 0 Å². The van der Waals surface area contributed by atoms with Crippen LogP contribution < -0.4 is 10.3 Å². The van der Waals surface area contributed by atoms with E-state index >= 15 is 0 Å². The van der Waals surface area contributed by atoms with Crippen LogP contribution >= 0.6 is 0 Å². The van der Waals surface area contributed by atoms with E-state index in [0.717, 1.165) is 5.56 Å². The summed E-state index contributed by atoms with van der Waals surface area (Å²) in [5, 5.41) is 13.2. The molecule has 2 N–H and O–H groups in total. The number of nitro groups is 1. The van der Waals surface area contributed by atoms with Crippen molar-refractivity contribution in [2.75, 3.05) is 5.32 Å². The molecule has 0 aliphatic carbocycles. The molecule has 21 heavy (non-hydrogen) atoms. The van der Waals surface area contributed by atoms with Gasteiger partial charge in [-0.3, -0.25) is 10.1 Å². The molecule has 1 heterocycles. The predicted molar refractivity (Wildman–Crippen MR) is 78.5 cm³/mol. The summed E-state index contributed by atoms with van der Waals surface area (Å²) in [6.45, 7) is 1.93. The predicted octanol–water partition coefficient (Wildman–Crippen LogP) is 2.37. The summed E-state index contributed by atoms with van der Waals surface area (Å²) in [6.07, 6.45) is 4.71. The van der Waals surface area contributed by atoms with Gasteiger partial charge >= 0.3 is 5.91 Å². The molecule has 0 unspecified atom stereocenters. The lowest BCUT2D eigenvalue weighted by Crippen LogP contribution is -2.17. The summed E-state index contributed by atoms with van der Waals surface area (Å²) in [4.78, 5) is 24.7. The number of non-ortho nitro benzene ring substituents is 1. The molecule has 0 atom stereocenters. The Labute approximate surface area is 121 Å². The zero-order chi connectivity index (χ0) is 15.2. The third-order valence-corrected chi connectivity index (χ3v) is 2.75. The number of benzene rings is 1. The van der Waals surface area contributed by atoms with Crippen LogP contribution in [0.3, 0.4) is 0 Å². The summed E-state index contributed by atoms with van der Waals surface area (Å²) in [6, 6.07) is 9.67. The molecule has 106 valence electrons. The highest BCUT2D eigenvalue weighted by Gasteiger charge is 2.07. The first kappa shape index (κ1) is 14.4. The number of aromatic amines is 1. The van der Waals surface area contributed by atoms with Crippen molar-refractivity contribution in [2.24, 2.45) is 0 Å². The fourth-order valence-corrected chi connectivity index (χ4v) is 1.71. The Morgan fingerprint density at radius 1 is 1.29 bits per heavy atom. The summed E-state index contributed by atoms with van der Waals surface area (Å²) >= 11 is 0. The number of pyridine rings is 1. The molecule has 2 aromatic rings. The monoisotopic (exact) mass is 284 g/mol. The lowest BCUT2D eigenvalue weighted by atomic mass is 10.2. The van der Waals surface area contributed by atoms with Crippen LogP contribution in [0, 0.1) is 17.0 Å². The van der Waals surface area contributed by atoms with Crippen molar-refractivity contribution >= 4 is 23.5 Å². The van der Waals surface area contributed by atoms with Crippen molar-refractivity contribution in [3.8, 4) is 0 Å². The molecular formula is C15H14N3O3+. The maximum atomic E-state index is 11.7. The first-order valence-electron chi connectivity index (χ1n) is 6.26. The van der Waals surface area contributed by atoms with Gasteiger partial charge in [-0.1, -0.05) is 0 Å². The molecule has 0 radical (unpaired) electrons. The van der Waals surface area contributed by atoms with E-state index in [1.807, 2.05) is 19.1 Å². The Morgan fingerprint density at radius 2 is 2.00 bits per heavy atom. The number of nitrogens with zero attached hydrogens (tertiary/aromatic N) is 1. The summed E-state index contributed by atoms with van der Waals surface area (Å²) in [7, 11) is 0. The molecule has 6 nitrogen and oxygen atoms in total. The van der Waals surface area contributed by atoms with Crippen molar-refractivity contribution < 1.29 is 14.7 Å². The summed E-state index contributed by atoms with van der Waals surface area (Å²) < 4.78 is 0.